The van der Waals surface area contributed by atoms with Crippen LogP contribution in [0.2, 0.25) is 5.02 Å². The first kappa shape index (κ1) is 14.9. The highest BCUT2D eigenvalue weighted by Gasteiger charge is 2.18. The van der Waals surface area contributed by atoms with Crippen LogP contribution in [0.1, 0.15) is 5.56 Å². The molecule has 0 unspecified atom stereocenters. The fraction of sp³-hybridized carbons (Fsp3) is 0.154. The van der Waals surface area contributed by atoms with Crippen molar-refractivity contribution in [1.82, 2.24) is 15.5 Å². The van der Waals surface area contributed by atoms with Gasteiger partial charge in [0.1, 0.15) is 6.54 Å². The van der Waals surface area contributed by atoms with Gasteiger partial charge in [-0.15, -0.1) is 0 Å². The zero-order chi connectivity index (χ0) is 15.2. The normalized spacial score (nSPS) is 10.1. The van der Waals surface area contributed by atoms with Crippen molar-refractivity contribution in [2.45, 2.75) is 6.54 Å². The molecule has 0 radical (unpaired) electrons. The predicted octanol–water partition coefficient (Wildman–Crippen LogP) is 1.86. The van der Waals surface area contributed by atoms with Crippen LogP contribution in [0, 0.1) is 0 Å². The Labute approximate surface area is 125 Å². The zero-order valence-corrected chi connectivity index (χ0v) is 11.7. The maximum Gasteiger partial charge on any atom is 0.323 e. The van der Waals surface area contributed by atoms with E-state index in [-0.39, 0.29) is 6.54 Å². The number of hydrogen-bond acceptors (Lipinski definition) is 3. The number of rotatable bonds is 5. The number of anilines is 1. The summed E-state index contributed by atoms with van der Waals surface area (Å²) in [4.78, 5) is 24.2. The van der Waals surface area contributed by atoms with E-state index in [1.165, 1.54) is 0 Å². The highest BCUT2D eigenvalue weighted by Crippen LogP contribution is 2.18. The largest absolute Gasteiger partial charge is 0.480 e. The van der Waals surface area contributed by atoms with Gasteiger partial charge in [-0.1, -0.05) is 11.6 Å². The number of aliphatic carboxylic acids is 1. The minimum absolute atomic E-state index is 0.249. The number of urea groups is 1. The van der Waals surface area contributed by atoms with Gasteiger partial charge >= 0.3 is 12.0 Å². The van der Waals surface area contributed by atoms with Crippen LogP contribution < -0.4 is 10.2 Å². The fourth-order valence-electron chi connectivity index (χ4n) is 1.68. The molecule has 8 heteroatoms. The number of nitrogens with one attached hydrogen (secondary N) is 2. The first-order chi connectivity index (χ1) is 10.1. The maximum absolute atomic E-state index is 12.1. The Morgan fingerprint density at radius 3 is 2.62 bits per heavy atom. The molecule has 0 fully saturated rings. The number of aromatic amines is 1. The molecule has 2 rings (SSSR count). The average Bonchev–Trinajstić information content (AvgIpc) is 2.96. The number of carbonyl (C=O) groups excluding carboxylic acids is 1. The number of aromatic nitrogens is 2. The lowest BCUT2D eigenvalue weighted by Crippen LogP contribution is -2.42. The van der Waals surface area contributed by atoms with Gasteiger partial charge in [-0.25, -0.2) is 4.79 Å². The number of amides is 2. The van der Waals surface area contributed by atoms with Crippen LogP contribution in [0.3, 0.4) is 0 Å². The minimum atomic E-state index is -1.11. The topological polar surface area (TPSA) is 98.3 Å². The van der Waals surface area contributed by atoms with Crippen molar-refractivity contribution in [3.63, 3.8) is 0 Å². The van der Waals surface area contributed by atoms with E-state index in [2.05, 4.69) is 15.5 Å². The molecule has 0 saturated carbocycles. The Kier molecular flexibility index (Phi) is 4.78. The molecule has 1 aromatic heterocycles. The summed E-state index contributed by atoms with van der Waals surface area (Å²) in [5.74, 6) is -1.11. The van der Waals surface area contributed by atoms with E-state index in [1.807, 2.05) is 0 Å². The summed E-state index contributed by atoms with van der Waals surface area (Å²) in [7, 11) is 0. The molecule has 2 aromatic rings. The molecule has 7 nitrogen and oxygen atoms in total. The Hall–Kier alpha value is -2.54. The molecule has 110 valence electrons. The van der Waals surface area contributed by atoms with Gasteiger partial charge in [-0.3, -0.25) is 14.8 Å². The summed E-state index contributed by atoms with van der Waals surface area (Å²) < 4.78 is 0. The number of H-pyrrole nitrogens is 1. The molecule has 1 aromatic carbocycles. The molecule has 3 N–H and O–H groups in total. The Morgan fingerprint density at radius 2 is 2.05 bits per heavy atom. The van der Waals surface area contributed by atoms with Crippen molar-refractivity contribution < 1.29 is 14.7 Å². The molecule has 0 bridgehead atoms. The number of carboxylic acid groups (broad SMARTS) is 1. The number of nitrogens with zero attached hydrogens (tertiary/aromatic N) is 2. The zero-order valence-electron chi connectivity index (χ0n) is 10.9. The molecule has 1 heterocycles. The Bertz CT molecular complexity index is 613. The van der Waals surface area contributed by atoms with Crippen LogP contribution in [0.5, 0.6) is 0 Å². The van der Waals surface area contributed by atoms with Gasteiger partial charge in [-0.05, 0) is 24.3 Å². The van der Waals surface area contributed by atoms with Crippen molar-refractivity contribution in [2.75, 3.05) is 11.4 Å². The second kappa shape index (κ2) is 6.76. The van der Waals surface area contributed by atoms with Crippen LogP contribution in [0.15, 0.2) is 36.7 Å². The predicted molar refractivity (Wildman–Crippen MR) is 77.3 cm³/mol. The molecule has 0 aliphatic rings. The molecule has 0 spiro atoms. The van der Waals surface area contributed by atoms with Gasteiger partial charge < -0.3 is 10.4 Å². The third kappa shape index (κ3) is 4.22. The summed E-state index contributed by atoms with van der Waals surface area (Å²) in [5.41, 5.74) is 1.24. The molecule has 2 amide bonds. The highest BCUT2D eigenvalue weighted by atomic mass is 35.5. The van der Waals surface area contributed by atoms with E-state index in [4.69, 9.17) is 16.7 Å². The van der Waals surface area contributed by atoms with Crippen molar-refractivity contribution in [3.8, 4) is 0 Å². The van der Waals surface area contributed by atoms with E-state index < -0.39 is 18.5 Å². The molecule has 0 aliphatic heterocycles. The Morgan fingerprint density at radius 1 is 1.33 bits per heavy atom. The van der Waals surface area contributed by atoms with Gasteiger partial charge in [0.2, 0.25) is 0 Å². The van der Waals surface area contributed by atoms with Gasteiger partial charge in [0.25, 0.3) is 0 Å². The van der Waals surface area contributed by atoms with Crippen LogP contribution >= 0.6 is 11.6 Å². The third-order valence-electron chi connectivity index (χ3n) is 2.68. The second-order valence-corrected chi connectivity index (χ2v) is 4.66. The van der Waals surface area contributed by atoms with Crippen molar-refractivity contribution >= 4 is 29.3 Å². The van der Waals surface area contributed by atoms with E-state index in [9.17, 15) is 9.59 Å². The van der Waals surface area contributed by atoms with E-state index in [0.29, 0.717) is 10.7 Å². The van der Waals surface area contributed by atoms with Crippen LogP contribution in [-0.4, -0.2) is 33.8 Å². The van der Waals surface area contributed by atoms with Crippen LogP contribution in [0.25, 0.3) is 0 Å². The Balaban J connectivity index is 2.09. The maximum atomic E-state index is 12.1. The highest BCUT2D eigenvalue weighted by molar-refractivity contribution is 6.30. The number of carboxylic acids is 1. The molecule has 21 heavy (non-hydrogen) atoms. The smallest absolute Gasteiger partial charge is 0.323 e. The minimum Gasteiger partial charge on any atom is -0.480 e. The lowest BCUT2D eigenvalue weighted by Gasteiger charge is -2.21. The summed E-state index contributed by atoms with van der Waals surface area (Å²) in [5, 5.41) is 18.5. The second-order valence-electron chi connectivity index (χ2n) is 4.22. The van der Waals surface area contributed by atoms with E-state index >= 15 is 0 Å². The summed E-state index contributed by atoms with van der Waals surface area (Å²) in [6.45, 7) is -0.197. The SMILES string of the molecule is O=C(O)CN(C(=O)NCc1cn[nH]c1)c1ccc(Cl)cc1. The molecular formula is C13H13ClN4O3. The molecule has 0 aliphatic carbocycles. The number of halogens is 1. The van der Waals surface area contributed by atoms with Crippen molar-refractivity contribution in [2.24, 2.45) is 0 Å². The van der Waals surface area contributed by atoms with Crippen molar-refractivity contribution in [1.29, 1.82) is 0 Å². The lowest BCUT2D eigenvalue weighted by molar-refractivity contribution is -0.135. The number of hydrogen-bond donors (Lipinski definition) is 3. The van der Waals surface area contributed by atoms with Gasteiger partial charge in [0.05, 0.1) is 6.20 Å². The standard InChI is InChI=1S/C13H13ClN4O3/c14-10-1-3-11(4-2-10)18(8-12(19)20)13(21)15-5-9-6-16-17-7-9/h1-4,6-7H,5,8H2,(H,15,21)(H,16,17)(H,19,20). The monoisotopic (exact) mass is 308 g/mol. The average molecular weight is 309 g/mol. The number of benzene rings is 1. The van der Waals surface area contributed by atoms with Gasteiger partial charge in [0, 0.05) is 29.0 Å². The quantitative estimate of drug-likeness (QED) is 0.785. The molecular weight excluding hydrogens is 296 g/mol. The fourth-order valence-corrected chi connectivity index (χ4v) is 1.81. The van der Waals surface area contributed by atoms with Gasteiger partial charge in [-0.2, -0.15) is 5.10 Å². The lowest BCUT2D eigenvalue weighted by atomic mass is 10.3. The molecule has 0 saturated heterocycles. The van der Waals surface area contributed by atoms with Gasteiger partial charge in [0.15, 0.2) is 0 Å². The number of carbonyl (C=O) groups is 2. The summed E-state index contributed by atoms with van der Waals surface area (Å²) in [6, 6.07) is 5.84. The van der Waals surface area contributed by atoms with Crippen LogP contribution in [0.4, 0.5) is 10.5 Å². The molecule has 0 atom stereocenters. The first-order valence-corrected chi connectivity index (χ1v) is 6.44. The van der Waals surface area contributed by atoms with Crippen LogP contribution in [-0.2, 0) is 11.3 Å². The van der Waals surface area contributed by atoms with Crippen molar-refractivity contribution in [3.05, 3.63) is 47.2 Å². The van der Waals surface area contributed by atoms with E-state index in [0.717, 1.165) is 10.5 Å². The summed E-state index contributed by atoms with van der Waals surface area (Å²) in [6.07, 6.45) is 3.22. The third-order valence-corrected chi connectivity index (χ3v) is 2.93. The first-order valence-electron chi connectivity index (χ1n) is 6.06. The summed E-state index contributed by atoms with van der Waals surface area (Å²) >= 11 is 5.78. The van der Waals surface area contributed by atoms with E-state index in [1.54, 1.807) is 36.7 Å².